The average molecular weight is 488 g/mol. The number of carbonyl (C=O) groups excluding carboxylic acids is 1. The number of ether oxygens (including phenoxy) is 2. The van der Waals surface area contributed by atoms with Crippen LogP contribution < -0.4 is 24.4 Å². The predicted octanol–water partition coefficient (Wildman–Crippen LogP) is 3.63. The van der Waals surface area contributed by atoms with Gasteiger partial charge in [-0.05, 0) is 45.0 Å². The smallest absolute Gasteiger partial charge is 0.271 e. The minimum atomic E-state index is -0.657. The fourth-order valence-electron chi connectivity index (χ4n) is 4.72. The molecule has 7 nitrogen and oxygen atoms in total. The van der Waals surface area contributed by atoms with Crippen LogP contribution in [0.5, 0.6) is 11.5 Å². The third-order valence-electron chi connectivity index (χ3n) is 6.36. The first-order valence-corrected chi connectivity index (χ1v) is 12.0. The van der Waals surface area contributed by atoms with E-state index in [9.17, 15) is 9.59 Å². The number of methoxy groups -OCH3 is 2. The Morgan fingerprint density at radius 3 is 2.63 bits per heavy atom. The van der Waals surface area contributed by atoms with Crippen molar-refractivity contribution in [3.63, 3.8) is 0 Å². The number of hydrogen-bond donors (Lipinski definition) is 1. The van der Waals surface area contributed by atoms with Gasteiger partial charge in [-0.3, -0.25) is 14.2 Å². The third-order valence-corrected chi connectivity index (χ3v) is 7.34. The van der Waals surface area contributed by atoms with E-state index in [1.165, 1.54) is 18.3 Å². The summed E-state index contributed by atoms with van der Waals surface area (Å²) in [5.74, 6) is 1.01. The lowest BCUT2D eigenvalue weighted by atomic mass is 9.92. The Hall–Kier alpha value is -3.91. The highest BCUT2D eigenvalue weighted by Crippen LogP contribution is 2.37. The molecule has 0 spiro atoms. The van der Waals surface area contributed by atoms with Crippen molar-refractivity contribution in [3.05, 3.63) is 90.2 Å². The number of hydrogen-bond acceptors (Lipinski definition) is 6. The van der Waals surface area contributed by atoms with Gasteiger partial charge in [-0.1, -0.05) is 29.5 Å². The van der Waals surface area contributed by atoms with Gasteiger partial charge in [0.25, 0.3) is 5.56 Å². The second-order valence-electron chi connectivity index (χ2n) is 8.46. The number of aryl methyl sites for hydroxylation is 1. The van der Waals surface area contributed by atoms with Gasteiger partial charge in [-0.2, -0.15) is 0 Å². The standard InChI is InChI=1S/C27H25N3O4S/c1-14-20(18-8-6-7-9-21(18)28-14)13-23-26(32)30-25(19-11-10-17(33-4)12-22(19)34-5)24(16(3)31)15(2)29-27(30)35-23/h6-13,25,28H,1-5H3/b23-13-. The molecule has 0 radical (unpaired) electrons. The lowest BCUT2D eigenvalue weighted by Gasteiger charge is -2.26. The van der Waals surface area contributed by atoms with Gasteiger partial charge in [-0.25, -0.2) is 4.99 Å². The van der Waals surface area contributed by atoms with Crippen molar-refractivity contribution in [1.82, 2.24) is 9.55 Å². The summed E-state index contributed by atoms with van der Waals surface area (Å²) >= 11 is 1.32. The monoisotopic (exact) mass is 487 g/mol. The Morgan fingerprint density at radius 2 is 1.91 bits per heavy atom. The molecule has 0 saturated heterocycles. The number of allylic oxidation sites excluding steroid dienone is 2. The fraction of sp³-hybridized carbons (Fsp3) is 0.222. The van der Waals surface area contributed by atoms with Crippen LogP contribution in [0, 0.1) is 6.92 Å². The predicted molar refractivity (Wildman–Crippen MR) is 137 cm³/mol. The molecule has 0 fully saturated rings. The Kier molecular flexibility index (Phi) is 5.68. The van der Waals surface area contributed by atoms with Crippen molar-refractivity contribution in [3.8, 4) is 11.5 Å². The number of para-hydroxylation sites is 1. The van der Waals surface area contributed by atoms with Gasteiger partial charge in [-0.15, -0.1) is 0 Å². The Morgan fingerprint density at radius 1 is 1.14 bits per heavy atom. The number of ketones is 1. The summed E-state index contributed by atoms with van der Waals surface area (Å²) in [7, 11) is 3.14. The average Bonchev–Trinajstić information content (AvgIpc) is 3.33. The third kappa shape index (κ3) is 3.70. The van der Waals surface area contributed by atoms with Gasteiger partial charge in [0.05, 0.1) is 24.8 Å². The molecule has 2 aromatic carbocycles. The normalized spacial score (nSPS) is 15.8. The Labute approximate surface area is 205 Å². The van der Waals surface area contributed by atoms with E-state index in [1.54, 1.807) is 37.8 Å². The molecule has 1 unspecified atom stereocenters. The van der Waals surface area contributed by atoms with Crippen molar-refractivity contribution in [1.29, 1.82) is 0 Å². The molecule has 0 bridgehead atoms. The highest BCUT2D eigenvalue weighted by molar-refractivity contribution is 7.07. The van der Waals surface area contributed by atoms with Crippen molar-refractivity contribution in [2.45, 2.75) is 26.8 Å². The summed E-state index contributed by atoms with van der Waals surface area (Å²) in [4.78, 5) is 35.2. The number of aromatic amines is 1. The number of Topliss-reactive ketones (excluding diaryl/α,β-unsaturated/α-hetero) is 1. The van der Waals surface area contributed by atoms with E-state index in [1.807, 2.05) is 43.3 Å². The van der Waals surface area contributed by atoms with E-state index in [2.05, 4.69) is 9.98 Å². The summed E-state index contributed by atoms with van der Waals surface area (Å²) in [5, 5.41) is 1.05. The summed E-state index contributed by atoms with van der Waals surface area (Å²) in [5.41, 5.74) is 4.51. The molecule has 0 amide bonds. The van der Waals surface area contributed by atoms with Crippen molar-refractivity contribution in [2.75, 3.05) is 14.2 Å². The summed E-state index contributed by atoms with van der Waals surface area (Å²) in [6, 6.07) is 12.7. The van der Waals surface area contributed by atoms with E-state index < -0.39 is 6.04 Å². The van der Waals surface area contributed by atoms with Crippen LogP contribution in [0.1, 0.15) is 36.7 Å². The maximum Gasteiger partial charge on any atom is 0.271 e. The number of carbonyl (C=O) groups is 1. The van der Waals surface area contributed by atoms with Crippen LogP contribution in [0.25, 0.3) is 17.0 Å². The van der Waals surface area contributed by atoms with Crippen molar-refractivity contribution < 1.29 is 14.3 Å². The zero-order chi connectivity index (χ0) is 24.9. The van der Waals surface area contributed by atoms with Crippen LogP contribution in [-0.2, 0) is 4.79 Å². The molecule has 1 N–H and O–H groups in total. The van der Waals surface area contributed by atoms with Crippen LogP contribution in [-0.4, -0.2) is 29.6 Å². The Bertz CT molecular complexity index is 1700. The fourth-order valence-corrected chi connectivity index (χ4v) is 5.75. The second-order valence-corrected chi connectivity index (χ2v) is 9.46. The molecule has 1 atom stereocenters. The van der Waals surface area contributed by atoms with E-state index in [-0.39, 0.29) is 11.3 Å². The number of benzene rings is 2. The second kappa shape index (κ2) is 8.70. The van der Waals surface area contributed by atoms with Gasteiger partial charge >= 0.3 is 0 Å². The number of rotatable bonds is 5. The van der Waals surface area contributed by atoms with E-state index in [0.717, 1.165) is 22.2 Å². The van der Waals surface area contributed by atoms with Crippen LogP contribution in [0.2, 0.25) is 0 Å². The maximum atomic E-state index is 13.8. The van der Waals surface area contributed by atoms with Gasteiger partial charge in [0.2, 0.25) is 0 Å². The number of aromatic nitrogens is 2. The first-order valence-electron chi connectivity index (χ1n) is 11.2. The zero-order valence-electron chi connectivity index (χ0n) is 20.1. The topological polar surface area (TPSA) is 85.7 Å². The number of nitrogens with zero attached hydrogens (tertiary/aromatic N) is 2. The van der Waals surface area contributed by atoms with Gasteiger partial charge in [0.1, 0.15) is 11.5 Å². The molecular weight excluding hydrogens is 462 g/mol. The van der Waals surface area contributed by atoms with Gasteiger partial charge < -0.3 is 14.5 Å². The highest BCUT2D eigenvalue weighted by atomic mass is 32.1. The van der Waals surface area contributed by atoms with E-state index >= 15 is 0 Å². The molecule has 0 aliphatic carbocycles. The number of fused-ring (bicyclic) bond motifs is 2. The summed E-state index contributed by atoms with van der Waals surface area (Å²) in [6.07, 6.45) is 1.91. The quantitative estimate of drug-likeness (QED) is 0.466. The summed E-state index contributed by atoms with van der Waals surface area (Å²) in [6.45, 7) is 5.30. The Balaban J connectivity index is 1.79. The molecule has 3 heterocycles. The van der Waals surface area contributed by atoms with Gasteiger partial charge in [0.15, 0.2) is 10.6 Å². The van der Waals surface area contributed by atoms with Crippen molar-refractivity contribution >= 4 is 34.1 Å². The van der Waals surface area contributed by atoms with Crippen LogP contribution in [0.3, 0.4) is 0 Å². The molecule has 1 aliphatic rings. The first-order chi connectivity index (χ1) is 16.8. The maximum absolute atomic E-state index is 13.8. The molecule has 8 heteroatoms. The highest BCUT2D eigenvalue weighted by Gasteiger charge is 2.32. The lowest BCUT2D eigenvalue weighted by molar-refractivity contribution is -0.114. The molecule has 178 valence electrons. The van der Waals surface area contributed by atoms with Crippen LogP contribution in [0.4, 0.5) is 0 Å². The molecule has 2 aromatic heterocycles. The minimum Gasteiger partial charge on any atom is -0.497 e. The first kappa shape index (κ1) is 22.9. The zero-order valence-corrected chi connectivity index (χ0v) is 20.9. The molecule has 35 heavy (non-hydrogen) atoms. The van der Waals surface area contributed by atoms with Crippen molar-refractivity contribution in [2.24, 2.45) is 4.99 Å². The lowest BCUT2D eigenvalue weighted by Crippen LogP contribution is -2.39. The molecule has 0 saturated carbocycles. The van der Waals surface area contributed by atoms with E-state index in [4.69, 9.17) is 9.47 Å². The number of thiazole rings is 1. The largest absolute Gasteiger partial charge is 0.497 e. The SMILES string of the molecule is COc1ccc(C2C(C(C)=O)=C(C)N=c3s/c(=C\c4c(C)[nH]c5ccccc45)c(=O)n32)c(OC)c1. The molecule has 4 aromatic rings. The molecule has 1 aliphatic heterocycles. The van der Waals surface area contributed by atoms with Gasteiger partial charge in [0, 0.05) is 45.1 Å². The molecular formula is C27H25N3O4S. The molecule has 5 rings (SSSR count). The van der Waals surface area contributed by atoms with Crippen LogP contribution in [0.15, 0.2) is 63.5 Å². The minimum absolute atomic E-state index is 0.143. The number of H-pyrrole nitrogens is 1. The summed E-state index contributed by atoms with van der Waals surface area (Å²) < 4.78 is 13.1. The number of nitrogens with one attached hydrogen (secondary N) is 1. The van der Waals surface area contributed by atoms with E-state index in [0.29, 0.717) is 37.7 Å². The van der Waals surface area contributed by atoms with Crippen LogP contribution >= 0.6 is 11.3 Å².